The van der Waals surface area contributed by atoms with Crippen LogP contribution >= 0.6 is 22.6 Å². The van der Waals surface area contributed by atoms with Gasteiger partial charge in [0.2, 0.25) is 0 Å². The number of hydrogen-bond donors (Lipinski definition) is 0. The Morgan fingerprint density at radius 1 is 1.14 bits per heavy atom. The van der Waals surface area contributed by atoms with Gasteiger partial charge in [-0.2, -0.15) is 0 Å². The molecule has 1 nitrogen and oxygen atoms in total. The predicted molar refractivity (Wildman–Crippen MR) is 75.9 cm³/mol. The molecule has 1 atom stereocenters. The van der Waals surface area contributed by atoms with Crippen molar-refractivity contribution in [1.29, 1.82) is 0 Å². The van der Waals surface area contributed by atoms with Crippen LogP contribution in [0.5, 0.6) is 0 Å². The standard InChI is InChI=1S/C11H25IOSi/c1-5-6-7-8-9-11(10-12)13-14(2,3)4/h11H,5-10H2,1-4H3. The molecule has 86 valence electrons. The third-order valence-electron chi connectivity index (χ3n) is 2.07. The van der Waals surface area contributed by atoms with Gasteiger partial charge in [-0.1, -0.05) is 55.2 Å². The first-order valence-electron chi connectivity index (χ1n) is 5.73. The average Bonchev–Trinajstić information content (AvgIpc) is 2.08. The van der Waals surface area contributed by atoms with Gasteiger partial charge >= 0.3 is 0 Å². The van der Waals surface area contributed by atoms with Crippen LogP contribution in [0, 0.1) is 0 Å². The second kappa shape index (κ2) is 8.10. The summed E-state index contributed by atoms with van der Waals surface area (Å²) in [6, 6.07) is 0. The van der Waals surface area contributed by atoms with Crippen LogP contribution in [0.4, 0.5) is 0 Å². The molecule has 0 aromatic carbocycles. The Hall–Kier alpha value is 0.907. The van der Waals surface area contributed by atoms with E-state index in [9.17, 15) is 0 Å². The molecule has 0 amide bonds. The third kappa shape index (κ3) is 9.46. The van der Waals surface area contributed by atoms with Crippen LogP contribution in [0.15, 0.2) is 0 Å². The molecule has 0 saturated heterocycles. The number of alkyl halides is 1. The Labute approximate surface area is 104 Å². The monoisotopic (exact) mass is 328 g/mol. The molecule has 0 rings (SSSR count). The zero-order chi connectivity index (χ0) is 11.0. The number of unbranched alkanes of at least 4 members (excludes halogenated alkanes) is 3. The highest BCUT2D eigenvalue weighted by Crippen LogP contribution is 2.15. The summed E-state index contributed by atoms with van der Waals surface area (Å²) in [5.41, 5.74) is 0. The average molecular weight is 328 g/mol. The van der Waals surface area contributed by atoms with Crippen molar-refractivity contribution in [1.82, 2.24) is 0 Å². The molecule has 0 aromatic rings. The first-order chi connectivity index (χ1) is 6.49. The maximum atomic E-state index is 6.10. The second-order valence-electron chi connectivity index (χ2n) is 4.86. The van der Waals surface area contributed by atoms with E-state index in [1.807, 2.05) is 0 Å². The summed E-state index contributed by atoms with van der Waals surface area (Å²) in [6.07, 6.45) is 7.18. The molecule has 0 aliphatic rings. The molecule has 0 bridgehead atoms. The first kappa shape index (κ1) is 14.9. The smallest absolute Gasteiger partial charge is 0.184 e. The normalized spacial score (nSPS) is 14.4. The van der Waals surface area contributed by atoms with Crippen molar-refractivity contribution < 1.29 is 4.43 Å². The van der Waals surface area contributed by atoms with Crippen molar-refractivity contribution in [3.63, 3.8) is 0 Å². The summed E-state index contributed by atoms with van der Waals surface area (Å²) < 4.78 is 7.25. The summed E-state index contributed by atoms with van der Waals surface area (Å²) >= 11 is 2.45. The van der Waals surface area contributed by atoms with Crippen molar-refractivity contribution in [3.05, 3.63) is 0 Å². The van der Waals surface area contributed by atoms with E-state index in [0.717, 1.165) is 4.43 Å². The molecule has 3 heteroatoms. The fourth-order valence-corrected chi connectivity index (χ4v) is 3.63. The quantitative estimate of drug-likeness (QED) is 0.274. The molecule has 0 aromatic heterocycles. The van der Waals surface area contributed by atoms with E-state index in [2.05, 4.69) is 49.2 Å². The Kier molecular flexibility index (Phi) is 8.63. The molecule has 0 heterocycles. The van der Waals surface area contributed by atoms with Crippen molar-refractivity contribution in [2.24, 2.45) is 0 Å². The lowest BCUT2D eigenvalue weighted by Crippen LogP contribution is -2.32. The Bertz CT molecular complexity index is 134. The fourth-order valence-electron chi connectivity index (χ4n) is 1.47. The van der Waals surface area contributed by atoms with Gasteiger partial charge < -0.3 is 4.43 Å². The van der Waals surface area contributed by atoms with E-state index in [1.54, 1.807) is 0 Å². The zero-order valence-corrected chi connectivity index (χ0v) is 13.3. The van der Waals surface area contributed by atoms with Crippen LogP contribution in [0.2, 0.25) is 19.6 Å². The molecule has 0 radical (unpaired) electrons. The van der Waals surface area contributed by atoms with Gasteiger partial charge in [-0.05, 0) is 26.1 Å². The first-order valence-corrected chi connectivity index (χ1v) is 10.7. The highest BCUT2D eigenvalue weighted by atomic mass is 127. The van der Waals surface area contributed by atoms with Crippen LogP contribution < -0.4 is 0 Å². The van der Waals surface area contributed by atoms with Crippen LogP contribution in [-0.2, 0) is 4.43 Å². The van der Waals surface area contributed by atoms with Gasteiger partial charge in [-0.15, -0.1) is 0 Å². The molecule has 0 aliphatic heterocycles. The van der Waals surface area contributed by atoms with Crippen LogP contribution in [0.3, 0.4) is 0 Å². The molecular formula is C11H25IOSi. The van der Waals surface area contributed by atoms with Crippen molar-refractivity contribution in [2.75, 3.05) is 4.43 Å². The van der Waals surface area contributed by atoms with Gasteiger partial charge in [-0.25, -0.2) is 0 Å². The van der Waals surface area contributed by atoms with E-state index < -0.39 is 8.32 Å². The molecule has 0 aliphatic carbocycles. The minimum atomic E-state index is -1.31. The highest BCUT2D eigenvalue weighted by Gasteiger charge is 2.19. The van der Waals surface area contributed by atoms with Crippen LogP contribution in [0.1, 0.15) is 39.0 Å². The molecular weight excluding hydrogens is 303 g/mol. The van der Waals surface area contributed by atoms with Gasteiger partial charge in [0, 0.05) is 4.43 Å². The minimum Gasteiger partial charge on any atom is -0.414 e. The summed E-state index contributed by atoms with van der Waals surface area (Å²) in [7, 11) is -1.31. The summed E-state index contributed by atoms with van der Waals surface area (Å²) in [4.78, 5) is 0. The summed E-state index contributed by atoms with van der Waals surface area (Å²) in [6.45, 7) is 9.09. The second-order valence-corrected chi connectivity index (χ2v) is 10.2. The zero-order valence-electron chi connectivity index (χ0n) is 10.1. The SMILES string of the molecule is CCCCCCC(CI)O[Si](C)(C)C. The molecule has 14 heavy (non-hydrogen) atoms. The molecule has 0 spiro atoms. The third-order valence-corrected chi connectivity index (χ3v) is 4.09. The molecule has 0 saturated carbocycles. The van der Waals surface area contributed by atoms with Crippen LogP contribution in [-0.4, -0.2) is 18.8 Å². The summed E-state index contributed by atoms with van der Waals surface area (Å²) in [5.74, 6) is 0. The van der Waals surface area contributed by atoms with Crippen LogP contribution in [0.25, 0.3) is 0 Å². The van der Waals surface area contributed by atoms with E-state index >= 15 is 0 Å². The largest absolute Gasteiger partial charge is 0.414 e. The van der Waals surface area contributed by atoms with Gasteiger partial charge in [0.05, 0.1) is 6.10 Å². The van der Waals surface area contributed by atoms with Crippen molar-refractivity contribution in [3.8, 4) is 0 Å². The maximum Gasteiger partial charge on any atom is 0.184 e. The number of rotatable bonds is 8. The molecule has 1 unspecified atom stereocenters. The lowest BCUT2D eigenvalue weighted by Gasteiger charge is -2.25. The number of halogens is 1. The van der Waals surface area contributed by atoms with Crippen molar-refractivity contribution in [2.45, 2.75) is 64.8 Å². The molecule has 0 fully saturated rings. The van der Waals surface area contributed by atoms with Crippen molar-refractivity contribution >= 4 is 30.9 Å². The van der Waals surface area contributed by atoms with E-state index in [0.29, 0.717) is 6.10 Å². The predicted octanol–water partition coefficient (Wildman–Crippen LogP) is 4.61. The van der Waals surface area contributed by atoms with Gasteiger partial charge in [0.25, 0.3) is 0 Å². The lowest BCUT2D eigenvalue weighted by molar-refractivity contribution is 0.206. The summed E-state index contributed by atoms with van der Waals surface area (Å²) in [5, 5.41) is 0. The van der Waals surface area contributed by atoms with Gasteiger partial charge in [0.15, 0.2) is 8.32 Å². The Morgan fingerprint density at radius 3 is 2.21 bits per heavy atom. The minimum absolute atomic E-state index is 0.513. The van der Waals surface area contributed by atoms with Gasteiger partial charge in [-0.3, -0.25) is 0 Å². The maximum absolute atomic E-state index is 6.10. The Morgan fingerprint density at radius 2 is 1.79 bits per heavy atom. The van der Waals surface area contributed by atoms with E-state index in [1.165, 1.54) is 32.1 Å². The fraction of sp³-hybridized carbons (Fsp3) is 1.00. The molecule has 0 N–H and O–H groups in total. The number of hydrogen-bond acceptors (Lipinski definition) is 1. The lowest BCUT2D eigenvalue weighted by atomic mass is 10.1. The topological polar surface area (TPSA) is 9.23 Å². The van der Waals surface area contributed by atoms with E-state index in [-0.39, 0.29) is 0 Å². The van der Waals surface area contributed by atoms with Gasteiger partial charge in [0.1, 0.15) is 0 Å². The Balaban J connectivity index is 3.58. The van der Waals surface area contributed by atoms with E-state index in [4.69, 9.17) is 4.43 Å². The highest BCUT2D eigenvalue weighted by molar-refractivity contribution is 14.1.